The van der Waals surface area contributed by atoms with E-state index >= 15 is 0 Å². The number of hydrogen-bond acceptors (Lipinski definition) is 7. The summed E-state index contributed by atoms with van der Waals surface area (Å²) < 4.78 is 33.9. The summed E-state index contributed by atoms with van der Waals surface area (Å²) in [4.78, 5) is 37.5. The molecule has 11 heteroatoms. The summed E-state index contributed by atoms with van der Waals surface area (Å²) in [6, 6.07) is 13.6. The van der Waals surface area contributed by atoms with Crippen molar-refractivity contribution in [3.8, 4) is 0 Å². The Kier molecular flexibility index (Phi) is 4.92. The normalized spacial score (nSPS) is 27.9. The number of carbonyl (C=O) groups is 2. The van der Waals surface area contributed by atoms with Gasteiger partial charge in [0.1, 0.15) is 5.60 Å². The molecule has 4 atom stereocenters. The van der Waals surface area contributed by atoms with Gasteiger partial charge in [-0.3, -0.25) is 24.6 Å². The summed E-state index contributed by atoms with van der Waals surface area (Å²) in [6.07, 6.45) is 2.74. The third-order valence-corrected chi connectivity index (χ3v) is 7.74. The molecule has 2 aromatic carbocycles. The first-order chi connectivity index (χ1) is 15.7. The summed E-state index contributed by atoms with van der Waals surface area (Å²) in [7, 11) is -4.04. The minimum absolute atomic E-state index is 0.142. The number of likely N-dealkylation sites (tertiary alicyclic amines) is 1. The molecule has 2 aromatic rings. The summed E-state index contributed by atoms with van der Waals surface area (Å²) in [5.41, 5.74) is -0.695. The molecule has 10 nitrogen and oxygen atoms in total. The average molecular weight is 469 g/mol. The van der Waals surface area contributed by atoms with Crippen molar-refractivity contribution >= 4 is 27.5 Å². The van der Waals surface area contributed by atoms with Crippen LogP contribution in [0.2, 0.25) is 0 Å². The van der Waals surface area contributed by atoms with Crippen molar-refractivity contribution < 1.29 is 27.7 Å². The number of non-ortho nitro benzene ring substituents is 1. The largest absolute Gasteiger partial charge is 0.361 e. The molecular weight excluding hydrogens is 450 g/mol. The molecule has 2 saturated heterocycles. The van der Waals surface area contributed by atoms with E-state index in [4.69, 9.17) is 4.74 Å². The van der Waals surface area contributed by atoms with Crippen LogP contribution < -0.4 is 4.72 Å². The SMILES string of the molecule is O=C1[C@H]2[C@@H](C(=O)N1Cc1ccccc1)[C@]1(CNS(=O)(=O)c3ccc([N+](=O)[O-])cc3)C=C[C@H]2O1. The van der Waals surface area contributed by atoms with Gasteiger partial charge in [-0.2, -0.15) is 0 Å². The number of nitrogens with one attached hydrogen (secondary N) is 1. The highest BCUT2D eigenvalue weighted by Crippen LogP contribution is 2.51. The predicted octanol–water partition coefficient (Wildman–Crippen LogP) is 1.38. The van der Waals surface area contributed by atoms with Crippen molar-refractivity contribution in [2.24, 2.45) is 11.8 Å². The molecule has 1 N–H and O–H groups in total. The van der Waals surface area contributed by atoms with Crippen molar-refractivity contribution in [3.05, 3.63) is 82.4 Å². The summed E-state index contributed by atoms with van der Waals surface area (Å²) in [6.45, 7) is -0.110. The van der Waals surface area contributed by atoms with Gasteiger partial charge in [-0.25, -0.2) is 13.1 Å². The smallest absolute Gasteiger partial charge is 0.269 e. The molecule has 3 aliphatic rings. The first-order valence-corrected chi connectivity index (χ1v) is 11.7. The van der Waals surface area contributed by atoms with Crippen molar-refractivity contribution in [2.45, 2.75) is 23.1 Å². The number of nitro groups is 1. The zero-order valence-electron chi connectivity index (χ0n) is 17.2. The van der Waals surface area contributed by atoms with E-state index in [2.05, 4.69) is 4.72 Å². The van der Waals surface area contributed by atoms with Crippen molar-refractivity contribution in [1.82, 2.24) is 9.62 Å². The molecule has 0 aliphatic carbocycles. The van der Waals surface area contributed by atoms with E-state index in [1.165, 1.54) is 4.90 Å². The highest BCUT2D eigenvalue weighted by atomic mass is 32.2. The van der Waals surface area contributed by atoms with E-state index in [-0.39, 0.29) is 29.6 Å². The van der Waals surface area contributed by atoms with E-state index in [0.29, 0.717) is 0 Å². The molecule has 3 aliphatic heterocycles. The molecule has 5 rings (SSSR count). The summed E-state index contributed by atoms with van der Waals surface area (Å²) >= 11 is 0. The van der Waals surface area contributed by atoms with Crippen LogP contribution in [0.15, 0.2) is 71.6 Å². The number of fused-ring (bicyclic) bond motifs is 5. The Hall–Kier alpha value is -3.41. The molecule has 0 aromatic heterocycles. The second-order valence-corrected chi connectivity index (χ2v) is 9.99. The number of carbonyl (C=O) groups excluding carboxylic acids is 2. The molecule has 2 amide bonds. The van der Waals surface area contributed by atoms with Gasteiger partial charge >= 0.3 is 0 Å². The molecule has 2 bridgehead atoms. The molecule has 0 spiro atoms. The number of nitrogens with zero attached hydrogens (tertiary/aromatic N) is 2. The lowest BCUT2D eigenvalue weighted by molar-refractivity contribution is -0.384. The van der Waals surface area contributed by atoms with Crippen LogP contribution in [0.4, 0.5) is 5.69 Å². The second kappa shape index (κ2) is 7.58. The third kappa shape index (κ3) is 3.45. The van der Waals surface area contributed by atoms with Gasteiger partial charge in [-0.1, -0.05) is 42.5 Å². The van der Waals surface area contributed by atoms with Crippen LogP contribution in [0.1, 0.15) is 5.56 Å². The molecule has 0 saturated carbocycles. The molecule has 170 valence electrons. The Balaban J connectivity index is 1.36. The Bertz CT molecular complexity index is 1280. The Morgan fingerprint density at radius 2 is 1.76 bits per heavy atom. The fourth-order valence-electron chi connectivity index (χ4n) is 4.73. The van der Waals surface area contributed by atoms with E-state index in [1.807, 2.05) is 30.3 Å². The van der Waals surface area contributed by atoms with Gasteiger partial charge in [-0.15, -0.1) is 0 Å². The quantitative estimate of drug-likeness (QED) is 0.280. The summed E-state index contributed by atoms with van der Waals surface area (Å²) in [5.74, 6) is -2.25. The molecule has 0 unspecified atom stereocenters. The maximum Gasteiger partial charge on any atom is 0.269 e. The summed E-state index contributed by atoms with van der Waals surface area (Å²) in [5, 5.41) is 10.8. The molecule has 3 heterocycles. The minimum atomic E-state index is -4.04. The van der Waals surface area contributed by atoms with E-state index in [9.17, 15) is 28.1 Å². The maximum absolute atomic E-state index is 13.2. The Morgan fingerprint density at radius 3 is 2.42 bits per heavy atom. The number of benzene rings is 2. The van der Waals surface area contributed by atoms with Crippen LogP contribution in [0, 0.1) is 22.0 Å². The fourth-order valence-corrected chi connectivity index (χ4v) is 5.80. The number of amides is 2. The number of hydrogen-bond donors (Lipinski definition) is 1. The predicted molar refractivity (Wildman–Crippen MR) is 114 cm³/mol. The topological polar surface area (TPSA) is 136 Å². The first kappa shape index (κ1) is 21.4. The molecular formula is C22H19N3O7S. The van der Waals surface area contributed by atoms with E-state index in [0.717, 1.165) is 29.8 Å². The number of imide groups is 1. The zero-order valence-corrected chi connectivity index (χ0v) is 18.0. The van der Waals surface area contributed by atoms with Gasteiger partial charge in [0, 0.05) is 18.7 Å². The average Bonchev–Trinajstić information content (AvgIpc) is 3.45. The Morgan fingerprint density at radius 1 is 1.06 bits per heavy atom. The van der Waals surface area contributed by atoms with Gasteiger partial charge in [0.05, 0.1) is 34.3 Å². The van der Waals surface area contributed by atoms with Crippen molar-refractivity contribution in [3.63, 3.8) is 0 Å². The lowest BCUT2D eigenvalue weighted by Gasteiger charge is -2.29. The van der Waals surface area contributed by atoms with Crippen LogP contribution >= 0.6 is 0 Å². The fraction of sp³-hybridized carbons (Fsp3) is 0.273. The molecule has 2 fully saturated rings. The molecule has 33 heavy (non-hydrogen) atoms. The van der Waals surface area contributed by atoms with Crippen LogP contribution in [0.3, 0.4) is 0 Å². The van der Waals surface area contributed by atoms with Crippen LogP contribution in [0.25, 0.3) is 0 Å². The van der Waals surface area contributed by atoms with Crippen LogP contribution in [-0.4, -0.2) is 48.3 Å². The van der Waals surface area contributed by atoms with Gasteiger partial charge < -0.3 is 4.74 Å². The van der Waals surface area contributed by atoms with E-state index in [1.54, 1.807) is 12.2 Å². The van der Waals surface area contributed by atoms with Gasteiger partial charge in [0.2, 0.25) is 21.8 Å². The van der Waals surface area contributed by atoms with Crippen molar-refractivity contribution in [1.29, 1.82) is 0 Å². The van der Waals surface area contributed by atoms with Gasteiger partial charge in [0.15, 0.2) is 0 Å². The monoisotopic (exact) mass is 469 g/mol. The minimum Gasteiger partial charge on any atom is -0.361 e. The highest BCUT2D eigenvalue weighted by molar-refractivity contribution is 7.89. The number of nitro benzene ring substituents is 1. The third-order valence-electron chi connectivity index (χ3n) is 6.33. The number of rotatable bonds is 7. The van der Waals surface area contributed by atoms with E-state index < -0.39 is 44.4 Å². The van der Waals surface area contributed by atoms with Crippen LogP contribution in [-0.2, 0) is 30.9 Å². The van der Waals surface area contributed by atoms with Crippen molar-refractivity contribution in [2.75, 3.05) is 6.54 Å². The van der Waals surface area contributed by atoms with Crippen LogP contribution in [0.5, 0.6) is 0 Å². The highest BCUT2D eigenvalue weighted by Gasteiger charge is 2.67. The number of ether oxygens (including phenoxy) is 1. The zero-order chi connectivity index (χ0) is 23.4. The second-order valence-electron chi connectivity index (χ2n) is 8.22. The Labute approximate surface area is 189 Å². The molecule has 0 radical (unpaired) electrons. The lowest BCUT2D eigenvalue weighted by Crippen LogP contribution is -2.48. The van der Waals surface area contributed by atoms with Gasteiger partial charge in [-0.05, 0) is 17.7 Å². The first-order valence-electron chi connectivity index (χ1n) is 10.2. The van der Waals surface area contributed by atoms with Gasteiger partial charge in [0.25, 0.3) is 5.69 Å². The lowest BCUT2D eigenvalue weighted by atomic mass is 9.77. The number of sulfonamides is 1. The standard InChI is InChI=1S/C22H19N3O7S/c26-20-18-17-10-11-22(32-17,19(18)21(27)24(20)12-14-4-2-1-3-5-14)13-23-33(30,31)16-8-6-15(7-9-16)25(28)29/h1-11,17-19,23H,12-13H2/t17-,18-,19+,22-/m1/s1. The maximum atomic E-state index is 13.2.